The van der Waals surface area contributed by atoms with E-state index in [4.69, 9.17) is 5.73 Å². The predicted molar refractivity (Wildman–Crippen MR) is 80.5 cm³/mol. The maximum atomic E-state index is 11.2. The lowest BCUT2D eigenvalue weighted by atomic mass is 10.0. The average molecular weight is 288 g/mol. The second-order valence-corrected chi connectivity index (χ2v) is 5.08. The number of carbonyl (C=O) groups excluding carboxylic acids is 1. The lowest BCUT2D eigenvalue weighted by molar-refractivity contribution is 0.100. The molecule has 0 saturated carbocycles. The minimum absolute atomic E-state index is 0.210. The Morgan fingerprint density at radius 3 is 2.76 bits per heavy atom. The number of aromatic nitrogens is 4. The zero-order chi connectivity index (χ0) is 15.4. The van der Waals surface area contributed by atoms with Crippen LogP contribution in [-0.2, 0) is 0 Å². The zero-order valence-corrected chi connectivity index (χ0v) is 12.5. The topological polar surface area (TPSA) is 98.7 Å². The third-order valence-electron chi connectivity index (χ3n) is 3.07. The van der Waals surface area contributed by atoms with Gasteiger partial charge in [0.1, 0.15) is 12.1 Å². The Morgan fingerprint density at radius 1 is 1.43 bits per heavy atom. The number of hydrogen-bond acceptors (Lipinski definition) is 5. The SMILES string of the molecule is CCCNc1ncnc(-n2cc(C(N)=O)cn2)c1C(C)C. The molecule has 0 unspecified atom stereocenters. The summed E-state index contributed by atoms with van der Waals surface area (Å²) in [6.45, 7) is 7.06. The first-order valence-electron chi connectivity index (χ1n) is 6.98. The molecule has 0 fully saturated rings. The summed E-state index contributed by atoms with van der Waals surface area (Å²) in [6.07, 6.45) is 5.52. The van der Waals surface area contributed by atoms with Crippen LogP contribution in [0.15, 0.2) is 18.7 Å². The van der Waals surface area contributed by atoms with Crippen LogP contribution in [0.5, 0.6) is 0 Å². The van der Waals surface area contributed by atoms with Gasteiger partial charge in [-0.15, -0.1) is 0 Å². The molecular weight excluding hydrogens is 268 g/mol. The normalized spacial score (nSPS) is 10.9. The maximum absolute atomic E-state index is 11.2. The Labute approximate surface area is 123 Å². The summed E-state index contributed by atoms with van der Waals surface area (Å²) in [5.74, 6) is 1.16. The first-order valence-corrected chi connectivity index (χ1v) is 6.98. The standard InChI is InChI=1S/C14H20N6O/c1-4-5-16-13-11(9(2)3)14(18-8-17-13)20-7-10(6-19-20)12(15)21/h6-9H,4-5H2,1-3H3,(H2,15,21)(H,16,17,18). The number of hydrogen-bond donors (Lipinski definition) is 2. The van der Waals surface area contributed by atoms with Crippen molar-refractivity contribution in [3.05, 3.63) is 29.8 Å². The summed E-state index contributed by atoms with van der Waals surface area (Å²) in [5, 5.41) is 7.47. The fourth-order valence-corrected chi connectivity index (χ4v) is 2.05. The first kappa shape index (κ1) is 15.0. The minimum atomic E-state index is -0.509. The van der Waals surface area contributed by atoms with Gasteiger partial charge in [0.05, 0.1) is 11.8 Å². The maximum Gasteiger partial charge on any atom is 0.251 e. The van der Waals surface area contributed by atoms with Crippen molar-refractivity contribution in [2.75, 3.05) is 11.9 Å². The fraction of sp³-hybridized carbons (Fsp3) is 0.429. The Kier molecular flexibility index (Phi) is 4.52. The summed E-state index contributed by atoms with van der Waals surface area (Å²) in [5.41, 5.74) is 6.58. The number of rotatable bonds is 6. The van der Waals surface area contributed by atoms with Crippen molar-refractivity contribution in [2.45, 2.75) is 33.1 Å². The van der Waals surface area contributed by atoms with Gasteiger partial charge >= 0.3 is 0 Å². The number of nitrogens with zero attached hydrogens (tertiary/aromatic N) is 4. The molecule has 112 valence electrons. The molecule has 0 aromatic carbocycles. The van der Waals surface area contributed by atoms with Crippen LogP contribution in [-0.4, -0.2) is 32.2 Å². The monoisotopic (exact) mass is 288 g/mol. The molecule has 0 aliphatic carbocycles. The highest BCUT2D eigenvalue weighted by Gasteiger charge is 2.17. The predicted octanol–water partition coefficient (Wildman–Crippen LogP) is 1.71. The van der Waals surface area contributed by atoms with Crippen LogP contribution in [0.4, 0.5) is 5.82 Å². The van der Waals surface area contributed by atoms with Crippen molar-refractivity contribution in [3.8, 4) is 5.82 Å². The Bertz CT molecular complexity index is 634. The smallest absolute Gasteiger partial charge is 0.251 e. The van der Waals surface area contributed by atoms with E-state index in [2.05, 4.69) is 41.2 Å². The summed E-state index contributed by atoms with van der Waals surface area (Å²) in [7, 11) is 0. The van der Waals surface area contributed by atoms with Crippen LogP contribution in [0.25, 0.3) is 5.82 Å². The fourth-order valence-electron chi connectivity index (χ4n) is 2.05. The van der Waals surface area contributed by atoms with Gasteiger partial charge in [-0.2, -0.15) is 5.10 Å². The quantitative estimate of drug-likeness (QED) is 0.843. The molecule has 2 heterocycles. The van der Waals surface area contributed by atoms with Gasteiger partial charge in [-0.3, -0.25) is 4.79 Å². The van der Waals surface area contributed by atoms with E-state index in [0.29, 0.717) is 11.4 Å². The van der Waals surface area contributed by atoms with E-state index in [1.54, 1.807) is 10.9 Å². The highest BCUT2D eigenvalue weighted by atomic mass is 16.1. The highest BCUT2D eigenvalue weighted by molar-refractivity contribution is 5.92. The van der Waals surface area contributed by atoms with Crippen molar-refractivity contribution >= 4 is 11.7 Å². The lowest BCUT2D eigenvalue weighted by Gasteiger charge is -2.16. The van der Waals surface area contributed by atoms with Crippen molar-refractivity contribution in [1.82, 2.24) is 19.7 Å². The van der Waals surface area contributed by atoms with Crippen LogP contribution in [0, 0.1) is 0 Å². The Balaban J connectivity index is 2.48. The largest absolute Gasteiger partial charge is 0.370 e. The van der Waals surface area contributed by atoms with Crippen LogP contribution in [0.1, 0.15) is 49.0 Å². The number of primary amides is 1. The zero-order valence-electron chi connectivity index (χ0n) is 12.5. The summed E-state index contributed by atoms with van der Waals surface area (Å²) < 4.78 is 1.56. The number of carbonyl (C=O) groups is 1. The minimum Gasteiger partial charge on any atom is -0.370 e. The number of amides is 1. The van der Waals surface area contributed by atoms with E-state index in [0.717, 1.165) is 24.3 Å². The molecule has 3 N–H and O–H groups in total. The van der Waals surface area contributed by atoms with Gasteiger partial charge in [-0.1, -0.05) is 20.8 Å². The van der Waals surface area contributed by atoms with Crippen LogP contribution < -0.4 is 11.1 Å². The molecule has 0 bridgehead atoms. The van der Waals surface area contributed by atoms with Gasteiger partial charge in [-0.05, 0) is 12.3 Å². The highest BCUT2D eigenvalue weighted by Crippen LogP contribution is 2.27. The second kappa shape index (κ2) is 6.34. The average Bonchev–Trinajstić information content (AvgIpc) is 2.94. The Hall–Kier alpha value is -2.44. The molecule has 0 aliphatic rings. The van der Waals surface area contributed by atoms with Gasteiger partial charge in [0.25, 0.3) is 5.91 Å². The third-order valence-corrected chi connectivity index (χ3v) is 3.07. The van der Waals surface area contributed by atoms with E-state index in [1.807, 2.05) is 0 Å². The van der Waals surface area contributed by atoms with Crippen molar-refractivity contribution in [1.29, 1.82) is 0 Å². The molecule has 7 heteroatoms. The van der Waals surface area contributed by atoms with Gasteiger partial charge in [0.15, 0.2) is 5.82 Å². The van der Waals surface area contributed by atoms with Gasteiger partial charge < -0.3 is 11.1 Å². The van der Waals surface area contributed by atoms with Crippen LogP contribution in [0.3, 0.4) is 0 Å². The molecular formula is C14H20N6O. The lowest BCUT2D eigenvalue weighted by Crippen LogP contribution is -2.12. The molecule has 21 heavy (non-hydrogen) atoms. The summed E-state index contributed by atoms with van der Waals surface area (Å²) in [6, 6.07) is 0. The molecule has 1 amide bonds. The Morgan fingerprint density at radius 2 is 2.19 bits per heavy atom. The van der Waals surface area contributed by atoms with Crippen LogP contribution in [0.2, 0.25) is 0 Å². The number of nitrogens with two attached hydrogens (primary N) is 1. The molecule has 7 nitrogen and oxygen atoms in total. The molecule has 0 atom stereocenters. The molecule has 0 spiro atoms. The van der Waals surface area contributed by atoms with Crippen molar-refractivity contribution in [3.63, 3.8) is 0 Å². The molecule has 2 aromatic rings. The number of anilines is 1. The van der Waals surface area contributed by atoms with Gasteiger partial charge in [0.2, 0.25) is 0 Å². The van der Waals surface area contributed by atoms with Gasteiger partial charge in [-0.25, -0.2) is 14.6 Å². The number of nitrogens with one attached hydrogen (secondary N) is 1. The summed E-state index contributed by atoms with van der Waals surface area (Å²) >= 11 is 0. The first-order chi connectivity index (χ1) is 10.0. The molecule has 0 radical (unpaired) electrons. The van der Waals surface area contributed by atoms with Crippen molar-refractivity contribution < 1.29 is 4.79 Å². The van der Waals surface area contributed by atoms with Crippen molar-refractivity contribution in [2.24, 2.45) is 5.73 Å². The molecule has 0 saturated heterocycles. The van der Waals surface area contributed by atoms with E-state index < -0.39 is 5.91 Å². The molecule has 0 aliphatic heterocycles. The van der Waals surface area contributed by atoms with E-state index in [9.17, 15) is 4.79 Å². The second-order valence-electron chi connectivity index (χ2n) is 5.08. The van der Waals surface area contributed by atoms with Crippen LogP contribution >= 0.6 is 0 Å². The van der Waals surface area contributed by atoms with Gasteiger partial charge in [0, 0.05) is 18.3 Å². The summed E-state index contributed by atoms with van der Waals surface area (Å²) in [4.78, 5) is 19.8. The van der Waals surface area contributed by atoms with E-state index in [1.165, 1.54) is 12.5 Å². The molecule has 2 rings (SSSR count). The van der Waals surface area contributed by atoms with E-state index >= 15 is 0 Å². The third kappa shape index (κ3) is 3.18. The molecule has 2 aromatic heterocycles. The van der Waals surface area contributed by atoms with E-state index in [-0.39, 0.29) is 5.92 Å².